The molecule has 4 atom stereocenters. The average molecular weight is 365 g/mol. The van der Waals surface area contributed by atoms with Crippen LogP contribution >= 0.6 is 0 Å². The lowest BCUT2D eigenvalue weighted by Crippen LogP contribution is -2.20. The Hall–Kier alpha value is -0.120. The highest BCUT2D eigenvalue weighted by atomic mass is 16.5. The molecule has 3 aliphatic rings. The van der Waals surface area contributed by atoms with Crippen molar-refractivity contribution in [3.05, 3.63) is 0 Å². The number of hydrogen-bond acceptors (Lipinski definition) is 3. The second-order valence-electron chi connectivity index (χ2n) is 6.81. The van der Waals surface area contributed by atoms with E-state index in [0.717, 1.165) is 25.7 Å². The maximum absolute atomic E-state index is 5.35. The second-order valence-corrected chi connectivity index (χ2v) is 6.81. The van der Waals surface area contributed by atoms with Gasteiger partial charge in [0.25, 0.3) is 0 Å². The zero-order chi connectivity index (χ0) is 15.5. The van der Waals surface area contributed by atoms with E-state index in [1.807, 2.05) is 0 Å². The maximum atomic E-state index is 5.35. The molecule has 3 heterocycles. The summed E-state index contributed by atoms with van der Waals surface area (Å²) in [5.41, 5.74) is 0. The fourth-order valence-corrected chi connectivity index (χ4v) is 2.86. The molecule has 3 aliphatic heterocycles. The van der Waals surface area contributed by atoms with Crippen LogP contribution in [0.5, 0.6) is 0 Å². The summed E-state index contributed by atoms with van der Waals surface area (Å²) in [6.45, 7) is 11.6. The minimum absolute atomic E-state index is 0. The fourth-order valence-electron chi connectivity index (χ4n) is 2.86. The van der Waals surface area contributed by atoms with E-state index < -0.39 is 0 Å². The van der Waals surface area contributed by atoms with E-state index in [-0.39, 0.29) is 29.7 Å². The summed E-state index contributed by atoms with van der Waals surface area (Å²) in [5.74, 6) is 0.888. The monoisotopic (exact) mass is 364 g/mol. The van der Waals surface area contributed by atoms with Crippen LogP contribution in [0.15, 0.2) is 0 Å². The molecule has 0 saturated carbocycles. The Morgan fingerprint density at radius 2 is 1.00 bits per heavy atom. The van der Waals surface area contributed by atoms with E-state index in [9.17, 15) is 0 Å². The first-order chi connectivity index (χ1) is 10.1. The van der Waals surface area contributed by atoms with E-state index in [1.165, 1.54) is 44.9 Å². The van der Waals surface area contributed by atoms with Crippen LogP contribution in [0.2, 0.25) is 0 Å². The predicted molar refractivity (Wildman–Crippen MR) is 115 cm³/mol. The molecular formula is C22H52O3. The molecule has 3 heteroatoms. The molecule has 4 unspecified atom stereocenters. The van der Waals surface area contributed by atoms with E-state index in [0.29, 0.717) is 18.3 Å². The van der Waals surface area contributed by atoms with Gasteiger partial charge in [-0.2, -0.15) is 0 Å². The van der Waals surface area contributed by atoms with Crippen molar-refractivity contribution >= 4 is 0 Å². The van der Waals surface area contributed by atoms with Gasteiger partial charge in [0.1, 0.15) is 0 Å². The molecule has 0 bridgehead atoms. The first-order valence-electron chi connectivity index (χ1n) is 8.92. The van der Waals surface area contributed by atoms with Gasteiger partial charge in [0, 0.05) is 19.8 Å². The second kappa shape index (κ2) is 20.2. The van der Waals surface area contributed by atoms with Gasteiger partial charge >= 0.3 is 0 Å². The van der Waals surface area contributed by atoms with Crippen LogP contribution in [0.1, 0.15) is 102 Å². The van der Waals surface area contributed by atoms with Gasteiger partial charge in [0.15, 0.2) is 0 Å². The van der Waals surface area contributed by atoms with Crippen molar-refractivity contribution in [3.8, 4) is 0 Å². The SMILES string of the molecule is C.C.C.C.CC1CCCCO1.CC1CCCO1.CC1CCOC(C)C1. The molecule has 0 aromatic heterocycles. The Morgan fingerprint density at radius 1 is 0.520 bits per heavy atom. The molecule has 3 saturated heterocycles. The summed E-state index contributed by atoms with van der Waals surface area (Å²) in [4.78, 5) is 0. The summed E-state index contributed by atoms with van der Waals surface area (Å²) in [5, 5.41) is 0. The van der Waals surface area contributed by atoms with Gasteiger partial charge < -0.3 is 14.2 Å². The number of rotatable bonds is 0. The Morgan fingerprint density at radius 3 is 1.24 bits per heavy atom. The van der Waals surface area contributed by atoms with Crippen LogP contribution in [0.4, 0.5) is 0 Å². The molecule has 3 fully saturated rings. The van der Waals surface area contributed by atoms with Crippen molar-refractivity contribution in [1.82, 2.24) is 0 Å². The van der Waals surface area contributed by atoms with E-state index in [1.54, 1.807) is 0 Å². The van der Waals surface area contributed by atoms with E-state index in [2.05, 4.69) is 27.7 Å². The Labute approximate surface area is 161 Å². The van der Waals surface area contributed by atoms with Gasteiger partial charge in [-0.25, -0.2) is 0 Å². The normalized spacial score (nSPS) is 30.2. The van der Waals surface area contributed by atoms with Crippen LogP contribution < -0.4 is 0 Å². The lowest BCUT2D eigenvalue weighted by atomic mass is 9.99. The third kappa shape index (κ3) is 18.5. The van der Waals surface area contributed by atoms with Gasteiger partial charge in [-0.15, -0.1) is 0 Å². The van der Waals surface area contributed by atoms with Gasteiger partial charge in [-0.05, 0) is 71.6 Å². The van der Waals surface area contributed by atoms with Crippen LogP contribution in [0.3, 0.4) is 0 Å². The molecule has 0 aromatic rings. The molecular weight excluding hydrogens is 312 g/mol. The van der Waals surface area contributed by atoms with Crippen molar-refractivity contribution in [2.24, 2.45) is 5.92 Å². The van der Waals surface area contributed by atoms with Crippen LogP contribution in [0.25, 0.3) is 0 Å². The fraction of sp³-hybridized carbons (Fsp3) is 1.00. The minimum atomic E-state index is 0. The van der Waals surface area contributed by atoms with Gasteiger partial charge in [-0.1, -0.05) is 36.6 Å². The van der Waals surface area contributed by atoms with Crippen molar-refractivity contribution in [2.75, 3.05) is 19.8 Å². The molecule has 0 aliphatic carbocycles. The molecule has 25 heavy (non-hydrogen) atoms. The Bertz CT molecular complexity index is 225. The molecule has 158 valence electrons. The van der Waals surface area contributed by atoms with E-state index in [4.69, 9.17) is 14.2 Å². The molecule has 0 radical (unpaired) electrons. The summed E-state index contributed by atoms with van der Waals surface area (Å²) in [6, 6.07) is 0. The highest BCUT2D eigenvalue weighted by Gasteiger charge is 2.14. The van der Waals surface area contributed by atoms with Crippen LogP contribution in [0, 0.1) is 5.92 Å². The minimum Gasteiger partial charge on any atom is -0.379 e. The third-order valence-corrected chi connectivity index (χ3v) is 4.31. The molecule has 0 aromatic carbocycles. The molecule has 3 rings (SSSR count). The zero-order valence-electron chi connectivity index (χ0n) is 14.6. The largest absolute Gasteiger partial charge is 0.379 e. The van der Waals surface area contributed by atoms with Crippen molar-refractivity contribution in [2.45, 2.75) is 121 Å². The van der Waals surface area contributed by atoms with Crippen LogP contribution in [-0.4, -0.2) is 38.1 Å². The molecule has 0 spiro atoms. The smallest absolute Gasteiger partial charge is 0.0549 e. The molecule has 0 amide bonds. The standard InChI is InChI=1S/C7H14O.C6H12O.C5H10O.4CH4/c1-6-3-4-8-7(2)5-6;1-6-4-2-3-5-7-6;1-5-3-2-4-6-5;;;;/h6-7H,3-5H2,1-2H3;6H,2-5H2,1H3;5H,2-4H2,1H3;4*1H4. The first kappa shape index (κ1) is 32.5. The molecule has 3 nitrogen and oxygen atoms in total. The van der Waals surface area contributed by atoms with Gasteiger partial charge in [0.2, 0.25) is 0 Å². The average Bonchev–Trinajstić information content (AvgIpc) is 2.92. The third-order valence-electron chi connectivity index (χ3n) is 4.31. The zero-order valence-corrected chi connectivity index (χ0v) is 14.6. The highest BCUT2D eigenvalue weighted by Crippen LogP contribution is 2.18. The Kier molecular flexibility index (Phi) is 26.3. The summed E-state index contributed by atoms with van der Waals surface area (Å²) in [7, 11) is 0. The summed E-state index contributed by atoms with van der Waals surface area (Å²) < 4.78 is 15.8. The van der Waals surface area contributed by atoms with Gasteiger partial charge in [0.05, 0.1) is 18.3 Å². The van der Waals surface area contributed by atoms with Crippen molar-refractivity contribution < 1.29 is 14.2 Å². The van der Waals surface area contributed by atoms with Crippen LogP contribution in [-0.2, 0) is 14.2 Å². The number of hydrogen-bond donors (Lipinski definition) is 0. The lowest BCUT2D eigenvalue weighted by molar-refractivity contribution is 0.00682. The first-order valence-corrected chi connectivity index (χ1v) is 8.92. The quantitative estimate of drug-likeness (QED) is 0.457. The summed E-state index contributed by atoms with van der Waals surface area (Å²) >= 11 is 0. The molecule has 0 N–H and O–H groups in total. The highest BCUT2D eigenvalue weighted by molar-refractivity contribution is 4.63. The predicted octanol–water partition coefficient (Wildman–Crippen LogP) is 7.13. The topological polar surface area (TPSA) is 27.7 Å². The Balaban J connectivity index is -0.000000123. The van der Waals surface area contributed by atoms with E-state index >= 15 is 0 Å². The van der Waals surface area contributed by atoms with Crippen molar-refractivity contribution in [3.63, 3.8) is 0 Å². The summed E-state index contributed by atoms with van der Waals surface area (Å²) in [6.07, 6.45) is 10.5. The number of ether oxygens (including phenoxy) is 3. The lowest BCUT2D eigenvalue weighted by Gasteiger charge is -2.23. The van der Waals surface area contributed by atoms with Gasteiger partial charge in [-0.3, -0.25) is 0 Å². The van der Waals surface area contributed by atoms with Crippen molar-refractivity contribution in [1.29, 1.82) is 0 Å². The maximum Gasteiger partial charge on any atom is 0.0549 e.